The predicted octanol–water partition coefficient (Wildman–Crippen LogP) is 4.05. The Kier molecular flexibility index (Phi) is 4.95. The highest BCUT2D eigenvalue weighted by atomic mass is 19.1. The van der Waals surface area contributed by atoms with Gasteiger partial charge in [0, 0.05) is 25.5 Å². The van der Waals surface area contributed by atoms with Gasteiger partial charge in [-0.1, -0.05) is 12.1 Å². The molecule has 3 aromatic heterocycles. The molecule has 0 aliphatic carbocycles. The van der Waals surface area contributed by atoms with Gasteiger partial charge in [-0.25, -0.2) is 14.1 Å². The van der Waals surface area contributed by atoms with E-state index >= 15 is 0 Å². The Morgan fingerprint density at radius 1 is 0.968 bits per heavy atom. The molecule has 4 heterocycles. The SMILES string of the molecule is O=C(Nc1ccc(N2CCCC2)nc1)c1cnn(-c2ccccc2F)c1-n1cccc1. The van der Waals surface area contributed by atoms with Crippen LogP contribution in [0.4, 0.5) is 15.9 Å². The topological polar surface area (TPSA) is 68.0 Å². The van der Waals surface area contributed by atoms with Crippen molar-refractivity contribution < 1.29 is 9.18 Å². The summed E-state index contributed by atoms with van der Waals surface area (Å²) in [7, 11) is 0. The number of carbonyl (C=O) groups is 1. The van der Waals surface area contributed by atoms with Gasteiger partial charge in [-0.3, -0.25) is 4.79 Å². The molecule has 31 heavy (non-hydrogen) atoms. The Balaban J connectivity index is 1.46. The van der Waals surface area contributed by atoms with Crippen LogP contribution in [-0.4, -0.2) is 38.3 Å². The first kappa shape index (κ1) is 19.0. The van der Waals surface area contributed by atoms with E-state index in [0.717, 1.165) is 18.9 Å². The Labute approximate surface area is 178 Å². The van der Waals surface area contributed by atoms with E-state index in [9.17, 15) is 9.18 Å². The molecule has 0 bridgehead atoms. The van der Waals surface area contributed by atoms with Crippen LogP contribution in [0.5, 0.6) is 0 Å². The highest BCUT2D eigenvalue weighted by Gasteiger charge is 2.21. The second-order valence-corrected chi connectivity index (χ2v) is 7.39. The van der Waals surface area contributed by atoms with Crippen LogP contribution in [0.1, 0.15) is 23.2 Å². The zero-order valence-corrected chi connectivity index (χ0v) is 16.8. The van der Waals surface area contributed by atoms with E-state index in [0.29, 0.717) is 17.1 Å². The average Bonchev–Trinajstić information content (AvgIpc) is 3.55. The second-order valence-electron chi connectivity index (χ2n) is 7.39. The number of rotatable bonds is 5. The molecule has 0 spiro atoms. The fraction of sp³-hybridized carbons (Fsp3) is 0.174. The summed E-state index contributed by atoms with van der Waals surface area (Å²) >= 11 is 0. The summed E-state index contributed by atoms with van der Waals surface area (Å²) < 4.78 is 17.6. The number of benzene rings is 1. The number of pyridine rings is 1. The van der Waals surface area contributed by atoms with Gasteiger partial charge in [-0.2, -0.15) is 5.10 Å². The Morgan fingerprint density at radius 3 is 2.45 bits per heavy atom. The lowest BCUT2D eigenvalue weighted by Gasteiger charge is -2.16. The number of hydrogen-bond acceptors (Lipinski definition) is 4. The number of anilines is 2. The second kappa shape index (κ2) is 8.06. The van der Waals surface area contributed by atoms with Gasteiger partial charge in [-0.05, 0) is 49.2 Å². The zero-order chi connectivity index (χ0) is 21.2. The number of nitrogens with one attached hydrogen (secondary N) is 1. The maximum absolute atomic E-state index is 14.4. The maximum atomic E-state index is 14.4. The number of carbonyl (C=O) groups excluding carboxylic acids is 1. The molecule has 1 aromatic carbocycles. The summed E-state index contributed by atoms with van der Waals surface area (Å²) in [6.07, 6.45) is 9.03. The van der Waals surface area contributed by atoms with Crippen LogP contribution in [0.15, 0.2) is 73.3 Å². The van der Waals surface area contributed by atoms with E-state index in [1.165, 1.54) is 29.8 Å². The lowest BCUT2D eigenvalue weighted by molar-refractivity contribution is 0.102. The first-order chi connectivity index (χ1) is 15.2. The summed E-state index contributed by atoms with van der Waals surface area (Å²) in [6.45, 7) is 2.02. The van der Waals surface area contributed by atoms with Crippen LogP contribution >= 0.6 is 0 Å². The zero-order valence-electron chi connectivity index (χ0n) is 16.8. The third-order valence-electron chi connectivity index (χ3n) is 5.35. The minimum Gasteiger partial charge on any atom is -0.357 e. The van der Waals surface area contributed by atoms with E-state index in [4.69, 9.17) is 0 Å². The van der Waals surface area contributed by atoms with Crippen molar-refractivity contribution in [3.63, 3.8) is 0 Å². The number of aromatic nitrogens is 4. The Bertz CT molecular complexity index is 1190. The van der Waals surface area contributed by atoms with Gasteiger partial charge in [-0.15, -0.1) is 0 Å². The van der Waals surface area contributed by atoms with E-state index < -0.39 is 5.82 Å². The predicted molar refractivity (Wildman–Crippen MR) is 116 cm³/mol. The number of para-hydroxylation sites is 1. The van der Waals surface area contributed by atoms with Gasteiger partial charge < -0.3 is 14.8 Å². The molecule has 5 rings (SSSR count). The Hall–Kier alpha value is -3.94. The minimum atomic E-state index is -0.423. The van der Waals surface area contributed by atoms with Crippen molar-refractivity contribution in [3.05, 3.63) is 84.7 Å². The Morgan fingerprint density at radius 2 is 1.74 bits per heavy atom. The lowest BCUT2D eigenvalue weighted by Crippen LogP contribution is -2.19. The summed E-state index contributed by atoms with van der Waals surface area (Å²) in [5.74, 6) is 0.597. The van der Waals surface area contributed by atoms with Crippen LogP contribution in [0, 0.1) is 5.82 Å². The molecule has 4 aromatic rings. The molecule has 1 saturated heterocycles. The normalized spacial score (nSPS) is 13.5. The molecular weight excluding hydrogens is 395 g/mol. The summed E-state index contributed by atoms with van der Waals surface area (Å²) in [4.78, 5) is 19.8. The highest BCUT2D eigenvalue weighted by molar-refractivity contribution is 6.06. The molecule has 1 N–H and O–H groups in total. The van der Waals surface area contributed by atoms with Crippen molar-refractivity contribution in [2.45, 2.75) is 12.8 Å². The number of halogens is 1. The molecule has 7 nitrogen and oxygen atoms in total. The monoisotopic (exact) mass is 416 g/mol. The third kappa shape index (κ3) is 3.68. The largest absolute Gasteiger partial charge is 0.357 e. The molecule has 0 saturated carbocycles. The van der Waals surface area contributed by atoms with Gasteiger partial charge >= 0.3 is 0 Å². The third-order valence-corrected chi connectivity index (χ3v) is 5.35. The fourth-order valence-corrected chi connectivity index (χ4v) is 3.82. The molecule has 1 aliphatic rings. The first-order valence-electron chi connectivity index (χ1n) is 10.2. The van der Waals surface area contributed by atoms with Crippen LogP contribution < -0.4 is 10.2 Å². The van der Waals surface area contributed by atoms with Crippen molar-refractivity contribution in [1.82, 2.24) is 19.3 Å². The fourth-order valence-electron chi connectivity index (χ4n) is 3.82. The highest BCUT2D eigenvalue weighted by Crippen LogP contribution is 2.23. The molecule has 1 aliphatic heterocycles. The molecule has 8 heteroatoms. The van der Waals surface area contributed by atoms with Gasteiger partial charge in [0.25, 0.3) is 5.91 Å². The van der Waals surface area contributed by atoms with E-state index in [2.05, 4.69) is 20.3 Å². The summed E-state index contributed by atoms with van der Waals surface area (Å²) in [5.41, 5.74) is 1.18. The van der Waals surface area contributed by atoms with Gasteiger partial charge in [0.15, 0.2) is 5.82 Å². The molecule has 156 valence electrons. The maximum Gasteiger partial charge on any atom is 0.261 e. The number of hydrogen-bond donors (Lipinski definition) is 1. The molecular formula is C23H21FN6O. The molecule has 0 unspecified atom stereocenters. The minimum absolute atomic E-state index is 0.266. The van der Waals surface area contributed by atoms with E-state index in [-0.39, 0.29) is 11.6 Å². The van der Waals surface area contributed by atoms with Crippen LogP contribution in [-0.2, 0) is 0 Å². The molecule has 1 amide bonds. The molecule has 0 atom stereocenters. The van der Waals surface area contributed by atoms with Crippen LogP contribution in [0.3, 0.4) is 0 Å². The van der Waals surface area contributed by atoms with Gasteiger partial charge in [0.1, 0.15) is 22.9 Å². The van der Waals surface area contributed by atoms with Crippen molar-refractivity contribution in [2.75, 3.05) is 23.3 Å². The standard InChI is InChI=1S/C23H21FN6O/c24-19-7-1-2-8-20(19)30-23(29-13-5-6-14-29)18(16-26-30)22(31)27-17-9-10-21(25-15-17)28-11-3-4-12-28/h1-2,5-10,13-16H,3-4,11-12H2,(H,27,31). The lowest BCUT2D eigenvalue weighted by atomic mass is 10.2. The average molecular weight is 416 g/mol. The van der Waals surface area contributed by atoms with E-state index in [1.807, 2.05) is 24.3 Å². The van der Waals surface area contributed by atoms with Gasteiger partial charge in [0.05, 0.1) is 18.1 Å². The van der Waals surface area contributed by atoms with Crippen LogP contribution in [0.25, 0.3) is 11.5 Å². The van der Waals surface area contributed by atoms with Crippen molar-refractivity contribution in [3.8, 4) is 11.5 Å². The van der Waals surface area contributed by atoms with Crippen molar-refractivity contribution in [1.29, 1.82) is 0 Å². The van der Waals surface area contributed by atoms with Crippen molar-refractivity contribution >= 4 is 17.4 Å². The van der Waals surface area contributed by atoms with Gasteiger partial charge in [0.2, 0.25) is 0 Å². The van der Waals surface area contributed by atoms with Crippen molar-refractivity contribution in [2.24, 2.45) is 0 Å². The van der Waals surface area contributed by atoms with E-state index in [1.54, 1.807) is 41.4 Å². The summed E-state index contributed by atoms with van der Waals surface area (Å²) in [5, 5.41) is 7.18. The summed E-state index contributed by atoms with van der Waals surface area (Å²) in [6, 6.07) is 13.8. The molecule has 0 radical (unpaired) electrons. The number of nitrogens with zero attached hydrogens (tertiary/aromatic N) is 5. The smallest absolute Gasteiger partial charge is 0.261 e. The molecule has 1 fully saturated rings. The number of amides is 1. The first-order valence-corrected chi connectivity index (χ1v) is 10.2. The quantitative estimate of drug-likeness (QED) is 0.533. The van der Waals surface area contributed by atoms with Crippen LogP contribution in [0.2, 0.25) is 0 Å².